The van der Waals surface area contributed by atoms with Crippen LogP contribution >= 0.6 is 0 Å². The van der Waals surface area contributed by atoms with Crippen LogP contribution < -0.4 is 9.46 Å². The van der Waals surface area contributed by atoms with Crippen molar-refractivity contribution >= 4 is 15.9 Å². The molecular formula is C15H18N2O5S. The summed E-state index contributed by atoms with van der Waals surface area (Å²) < 4.78 is 36.6. The molecule has 0 atom stereocenters. The zero-order chi connectivity index (χ0) is 17.0. The van der Waals surface area contributed by atoms with Crippen LogP contribution in [0, 0.1) is 13.8 Å². The molecule has 1 heterocycles. The van der Waals surface area contributed by atoms with E-state index in [1.807, 2.05) is 11.6 Å². The first kappa shape index (κ1) is 17.0. The minimum Gasteiger partial charge on any atom is -0.494 e. The van der Waals surface area contributed by atoms with Crippen LogP contribution in [0.1, 0.15) is 23.9 Å². The molecule has 1 N–H and O–H groups in total. The van der Waals surface area contributed by atoms with E-state index in [2.05, 4.69) is 5.16 Å². The van der Waals surface area contributed by atoms with E-state index in [1.54, 1.807) is 13.8 Å². The van der Waals surface area contributed by atoms with Gasteiger partial charge < -0.3 is 9.26 Å². The van der Waals surface area contributed by atoms with Crippen molar-refractivity contribution in [3.05, 3.63) is 41.3 Å². The zero-order valence-corrected chi connectivity index (χ0v) is 13.9. The number of nitrogens with one attached hydrogen (secondary N) is 1. The lowest BCUT2D eigenvalue weighted by molar-refractivity contribution is -0.118. The van der Waals surface area contributed by atoms with Gasteiger partial charge in [-0.15, -0.1) is 0 Å². The molecule has 0 fully saturated rings. The van der Waals surface area contributed by atoms with Crippen molar-refractivity contribution < 1.29 is 22.5 Å². The molecule has 0 saturated carbocycles. The maximum atomic E-state index is 12.2. The molecule has 0 unspecified atom stereocenters. The number of aromatic nitrogens is 1. The molecule has 0 spiro atoms. The molecule has 1 amide bonds. The summed E-state index contributed by atoms with van der Waals surface area (Å²) >= 11 is 0. The molecule has 1 aromatic carbocycles. The van der Waals surface area contributed by atoms with E-state index < -0.39 is 15.9 Å². The number of sulfonamides is 1. The molecule has 0 aliphatic rings. The summed E-state index contributed by atoms with van der Waals surface area (Å²) in [6, 6.07) is 5.85. The van der Waals surface area contributed by atoms with E-state index in [-0.39, 0.29) is 11.3 Å². The standard InChI is InChI=1S/C15H18N2O5S/c1-4-21-12-5-7-13(8-6-12)23(19,20)17-15(18)9-14-10(2)16-22-11(14)3/h5-8H,4,9H2,1-3H3,(H,17,18). The van der Waals surface area contributed by atoms with Gasteiger partial charge in [0, 0.05) is 5.56 Å². The Hall–Kier alpha value is -2.35. The smallest absolute Gasteiger partial charge is 0.264 e. The predicted octanol–water partition coefficient (Wildman–Crippen LogP) is 1.74. The van der Waals surface area contributed by atoms with Crippen molar-refractivity contribution in [1.29, 1.82) is 0 Å². The largest absolute Gasteiger partial charge is 0.494 e. The highest BCUT2D eigenvalue weighted by Gasteiger charge is 2.20. The Bertz CT molecular complexity index is 774. The number of hydrogen-bond acceptors (Lipinski definition) is 6. The van der Waals surface area contributed by atoms with Crippen LogP contribution in [0.3, 0.4) is 0 Å². The monoisotopic (exact) mass is 338 g/mol. The zero-order valence-electron chi connectivity index (χ0n) is 13.1. The Morgan fingerprint density at radius 3 is 2.43 bits per heavy atom. The lowest BCUT2D eigenvalue weighted by atomic mass is 10.1. The second-order valence-corrected chi connectivity index (χ2v) is 6.59. The van der Waals surface area contributed by atoms with E-state index in [0.717, 1.165) is 0 Å². The number of rotatable bonds is 6. The van der Waals surface area contributed by atoms with Crippen LogP contribution in [0.4, 0.5) is 0 Å². The summed E-state index contributed by atoms with van der Waals surface area (Å²) in [5, 5.41) is 3.73. The molecule has 124 valence electrons. The van der Waals surface area contributed by atoms with Crippen molar-refractivity contribution in [3.63, 3.8) is 0 Å². The van der Waals surface area contributed by atoms with Gasteiger partial charge in [0.15, 0.2) is 0 Å². The van der Waals surface area contributed by atoms with Crippen LogP contribution in [0.2, 0.25) is 0 Å². The predicted molar refractivity (Wildman–Crippen MR) is 82.6 cm³/mol. The summed E-state index contributed by atoms with van der Waals surface area (Å²) in [5.74, 6) is 0.415. The summed E-state index contributed by atoms with van der Waals surface area (Å²) in [5.41, 5.74) is 1.15. The summed E-state index contributed by atoms with van der Waals surface area (Å²) in [4.78, 5) is 12.0. The van der Waals surface area contributed by atoms with Gasteiger partial charge in [-0.2, -0.15) is 0 Å². The van der Waals surface area contributed by atoms with E-state index in [4.69, 9.17) is 9.26 Å². The normalized spacial score (nSPS) is 11.3. The van der Waals surface area contributed by atoms with E-state index in [0.29, 0.717) is 29.4 Å². The fourth-order valence-corrected chi connectivity index (χ4v) is 3.03. The van der Waals surface area contributed by atoms with Crippen molar-refractivity contribution in [2.75, 3.05) is 6.61 Å². The molecule has 0 saturated heterocycles. The highest BCUT2D eigenvalue weighted by molar-refractivity contribution is 7.90. The number of amides is 1. The number of ether oxygens (including phenoxy) is 1. The number of benzene rings is 1. The van der Waals surface area contributed by atoms with Gasteiger partial charge >= 0.3 is 0 Å². The Balaban J connectivity index is 2.09. The van der Waals surface area contributed by atoms with Gasteiger partial charge in [-0.25, -0.2) is 13.1 Å². The second-order valence-electron chi connectivity index (χ2n) is 4.91. The van der Waals surface area contributed by atoms with E-state index >= 15 is 0 Å². The maximum Gasteiger partial charge on any atom is 0.264 e. The molecule has 2 rings (SSSR count). The van der Waals surface area contributed by atoms with Crippen molar-refractivity contribution in [1.82, 2.24) is 9.88 Å². The van der Waals surface area contributed by atoms with Crippen LogP contribution in [0.15, 0.2) is 33.7 Å². The first-order valence-electron chi connectivity index (χ1n) is 7.03. The first-order chi connectivity index (χ1) is 10.8. The summed E-state index contributed by atoms with van der Waals surface area (Å²) in [6.45, 7) is 5.68. The molecule has 2 aromatic rings. The average Bonchev–Trinajstić information content (AvgIpc) is 2.79. The van der Waals surface area contributed by atoms with Gasteiger partial charge in [0.25, 0.3) is 10.0 Å². The molecule has 0 aliphatic heterocycles. The fourth-order valence-electron chi connectivity index (χ4n) is 2.04. The fraction of sp³-hybridized carbons (Fsp3) is 0.333. The van der Waals surface area contributed by atoms with E-state index in [1.165, 1.54) is 24.3 Å². The van der Waals surface area contributed by atoms with Gasteiger partial charge in [-0.3, -0.25) is 4.79 Å². The van der Waals surface area contributed by atoms with Crippen LogP contribution in [0.25, 0.3) is 0 Å². The lowest BCUT2D eigenvalue weighted by Gasteiger charge is -2.08. The van der Waals surface area contributed by atoms with Gasteiger partial charge in [0.05, 0.1) is 23.6 Å². The summed E-state index contributed by atoms with van der Waals surface area (Å²) in [6.07, 6.45) is -0.114. The third-order valence-electron chi connectivity index (χ3n) is 3.21. The third kappa shape index (κ3) is 4.10. The van der Waals surface area contributed by atoms with Gasteiger partial charge in [-0.05, 0) is 45.0 Å². The number of nitrogens with zero attached hydrogens (tertiary/aromatic N) is 1. The Labute approximate surface area is 134 Å². The Kier molecular flexibility index (Phi) is 5.05. The van der Waals surface area contributed by atoms with Gasteiger partial charge in [0.2, 0.25) is 5.91 Å². The Morgan fingerprint density at radius 1 is 1.26 bits per heavy atom. The summed E-state index contributed by atoms with van der Waals surface area (Å²) in [7, 11) is -3.93. The maximum absolute atomic E-state index is 12.2. The average molecular weight is 338 g/mol. The van der Waals surface area contributed by atoms with Gasteiger partial charge in [0.1, 0.15) is 11.5 Å². The molecule has 0 radical (unpaired) electrons. The van der Waals surface area contributed by atoms with Crippen LogP contribution in [0.5, 0.6) is 5.75 Å². The molecule has 23 heavy (non-hydrogen) atoms. The molecule has 0 bridgehead atoms. The molecule has 7 nitrogen and oxygen atoms in total. The van der Waals surface area contributed by atoms with Crippen LogP contribution in [-0.4, -0.2) is 26.1 Å². The Morgan fingerprint density at radius 2 is 1.91 bits per heavy atom. The molecule has 1 aromatic heterocycles. The number of aryl methyl sites for hydroxylation is 2. The highest BCUT2D eigenvalue weighted by Crippen LogP contribution is 2.17. The first-order valence-corrected chi connectivity index (χ1v) is 8.52. The topological polar surface area (TPSA) is 98.5 Å². The molecular weight excluding hydrogens is 320 g/mol. The molecule has 8 heteroatoms. The number of hydrogen-bond donors (Lipinski definition) is 1. The van der Waals surface area contributed by atoms with Crippen molar-refractivity contribution in [2.24, 2.45) is 0 Å². The molecule has 0 aliphatic carbocycles. The lowest BCUT2D eigenvalue weighted by Crippen LogP contribution is -2.32. The van der Waals surface area contributed by atoms with Crippen molar-refractivity contribution in [3.8, 4) is 5.75 Å². The van der Waals surface area contributed by atoms with Crippen LogP contribution in [-0.2, 0) is 21.2 Å². The third-order valence-corrected chi connectivity index (χ3v) is 4.60. The second kappa shape index (κ2) is 6.82. The SMILES string of the molecule is CCOc1ccc(S(=O)(=O)NC(=O)Cc2c(C)noc2C)cc1. The van der Waals surface area contributed by atoms with Gasteiger partial charge in [-0.1, -0.05) is 5.16 Å². The number of carbonyl (C=O) groups excluding carboxylic acids is 1. The minimum atomic E-state index is -3.93. The van der Waals surface area contributed by atoms with Crippen molar-refractivity contribution in [2.45, 2.75) is 32.1 Å². The quantitative estimate of drug-likeness (QED) is 0.861. The minimum absolute atomic E-state index is 0.00642. The highest BCUT2D eigenvalue weighted by atomic mass is 32.2. The van der Waals surface area contributed by atoms with E-state index in [9.17, 15) is 13.2 Å². The number of carbonyl (C=O) groups is 1.